The molecular formula is C18H31NO4S. The van der Waals surface area contributed by atoms with Gasteiger partial charge in [0.25, 0.3) is 0 Å². The Morgan fingerprint density at radius 3 is 2.71 bits per heavy atom. The van der Waals surface area contributed by atoms with E-state index in [1.54, 1.807) is 6.92 Å². The topological polar surface area (TPSA) is 67.8 Å². The van der Waals surface area contributed by atoms with Crippen molar-refractivity contribution < 1.29 is 19.4 Å². The Labute approximate surface area is 149 Å². The molecule has 0 aromatic carbocycles. The molecular weight excluding hydrogens is 326 g/mol. The Hall–Kier alpha value is -0.560. The minimum absolute atomic E-state index is 0.0669. The number of allylic oxidation sites excluding steroid dienone is 1. The molecule has 0 radical (unpaired) electrons. The van der Waals surface area contributed by atoms with Gasteiger partial charge in [-0.15, -0.1) is 0 Å². The second-order valence-corrected chi connectivity index (χ2v) is 8.94. The molecule has 24 heavy (non-hydrogen) atoms. The number of thioether (sulfide) groups is 1. The minimum atomic E-state index is -1.01. The minimum Gasteiger partial charge on any atom is -0.463 e. The van der Waals surface area contributed by atoms with Crippen molar-refractivity contribution >= 4 is 17.7 Å². The highest BCUT2D eigenvalue weighted by Gasteiger charge is 2.49. The van der Waals surface area contributed by atoms with Gasteiger partial charge in [0.15, 0.2) is 0 Å². The van der Waals surface area contributed by atoms with Crippen LogP contribution >= 0.6 is 11.8 Å². The van der Waals surface area contributed by atoms with Crippen LogP contribution in [0.3, 0.4) is 0 Å². The van der Waals surface area contributed by atoms with Crippen LogP contribution in [-0.2, 0) is 14.3 Å². The van der Waals surface area contributed by atoms with Crippen LogP contribution in [0.25, 0.3) is 0 Å². The number of hydrogen-bond acceptors (Lipinski definition) is 6. The van der Waals surface area contributed by atoms with Gasteiger partial charge in [-0.05, 0) is 58.3 Å². The van der Waals surface area contributed by atoms with E-state index in [9.17, 15) is 9.90 Å². The van der Waals surface area contributed by atoms with Gasteiger partial charge >= 0.3 is 5.97 Å². The number of aliphatic hydroxyl groups is 1. The van der Waals surface area contributed by atoms with Crippen molar-refractivity contribution in [1.82, 2.24) is 5.32 Å². The Balaban J connectivity index is 1.97. The maximum absolute atomic E-state index is 12.5. The average Bonchev–Trinajstić information content (AvgIpc) is 2.90. The molecule has 0 aromatic heterocycles. The first-order valence-electron chi connectivity index (χ1n) is 8.90. The van der Waals surface area contributed by atoms with Gasteiger partial charge in [0.2, 0.25) is 4.93 Å². The van der Waals surface area contributed by atoms with E-state index in [1.807, 2.05) is 20.8 Å². The van der Waals surface area contributed by atoms with Crippen molar-refractivity contribution in [2.75, 3.05) is 19.8 Å². The largest absolute Gasteiger partial charge is 0.463 e. The van der Waals surface area contributed by atoms with Gasteiger partial charge in [-0.25, -0.2) is 4.79 Å². The third kappa shape index (κ3) is 5.22. The molecule has 0 saturated heterocycles. The highest BCUT2D eigenvalue weighted by atomic mass is 32.2. The zero-order valence-electron chi connectivity index (χ0n) is 15.3. The normalized spacial score (nSPS) is 25.5. The maximum atomic E-state index is 12.5. The smallest absolute Gasteiger partial charge is 0.349 e. The maximum Gasteiger partial charge on any atom is 0.349 e. The number of aliphatic hydroxyl groups excluding tert-OH is 1. The van der Waals surface area contributed by atoms with Crippen LogP contribution in [0.1, 0.15) is 59.8 Å². The first-order chi connectivity index (χ1) is 11.3. The second-order valence-electron chi connectivity index (χ2n) is 7.58. The molecule has 2 N–H and O–H groups in total. The number of carbonyl (C=O) groups excluding carboxylic acids is 1. The lowest BCUT2D eigenvalue weighted by molar-refractivity contribution is -0.162. The molecule has 0 bridgehead atoms. The lowest BCUT2D eigenvalue weighted by atomic mass is 9.95. The van der Waals surface area contributed by atoms with Crippen molar-refractivity contribution in [3.63, 3.8) is 0 Å². The van der Waals surface area contributed by atoms with Crippen LogP contribution in [-0.4, -0.2) is 47.4 Å². The predicted octanol–water partition coefficient (Wildman–Crippen LogP) is 2.98. The lowest BCUT2D eigenvalue weighted by Gasteiger charge is -2.29. The van der Waals surface area contributed by atoms with E-state index in [4.69, 9.17) is 9.47 Å². The first kappa shape index (κ1) is 19.8. The fourth-order valence-corrected chi connectivity index (χ4v) is 4.45. The molecule has 1 aliphatic heterocycles. The van der Waals surface area contributed by atoms with Crippen LogP contribution in [0, 0.1) is 0 Å². The summed E-state index contributed by atoms with van der Waals surface area (Å²) in [6, 6.07) is 0. The molecule has 2 unspecified atom stereocenters. The van der Waals surface area contributed by atoms with Crippen molar-refractivity contribution in [3.05, 3.63) is 10.5 Å². The fourth-order valence-electron chi connectivity index (χ4n) is 2.97. The summed E-state index contributed by atoms with van der Waals surface area (Å²) in [4.78, 5) is 12.8. The van der Waals surface area contributed by atoms with Gasteiger partial charge in [-0.3, -0.25) is 0 Å². The molecule has 1 heterocycles. The summed E-state index contributed by atoms with van der Waals surface area (Å²) in [5, 5.41) is 13.4. The number of carbonyl (C=O) groups is 1. The number of β-amino-alcohol motifs (C(OH)–C–C–N with tert-alkyl or cyclic N) is 1. The standard InChI is InChI=1S/C18H31NO4S/c1-5-22-16(21)18(10-13-8-6-7-9-15(13)24-18)23-12-14(20)11-19-17(2,3)4/h14,19-20H,5-12H2,1-4H3. The summed E-state index contributed by atoms with van der Waals surface area (Å²) in [5.74, 6) is -0.319. The van der Waals surface area contributed by atoms with E-state index < -0.39 is 11.0 Å². The van der Waals surface area contributed by atoms with Crippen molar-refractivity contribution in [2.24, 2.45) is 0 Å². The second kappa shape index (κ2) is 8.21. The van der Waals surface area contributed by atoms with Crippen molar-refractivity contribution in [2.45, 2.75) is 76.4 Å². The summed E-state index contributed by atoms with van der Waals surface area (Å²) in [6.45, 7) is 8.84. The molecule has 0 amide bonds. The van der Waals surface area contributed by atoms with E-state index in [0.29, 0.717) is 19.6 Å². The van der Waals surface area contributed by atoms with Crippen LogP contribution in [0.4, 0.5) is 0 Å². The number of ether oxygens (including phenoxy) is 2. The summed E-state index contributed by atoms with van der Waals surface area (Å²) in [7, 11) is 0. The van der Waals surface area contributed by atoms with Gasteiger partial charge < -0.3 is 19.9 Å². The van der Waals surface area contributed by atoms with Gasteiger partial charge in [0.1, 0.15) is 0 Å². The zero-order chi connectivity index (χ0) is 17.8. The Bertz CT molecular complexity index is 466. The van der Waals surface area contributed by atoms with E-state index in [2.05, 4.69) is 5.32 Å². The lowest BCUT2D eigenvalue weighted by Crippen LogP contribution is -2.45. The molecule has 5 nitrogen and oxygen atoms in total. The molecule has 0 saturated carbocycles. The SMILES string of the molecule is CCOC(=O)C1(OCC(O)CNC(C)(C)C)CC2=C(CCCC2)S1. The molecule has 0 aromatic rings. The van der Waals surface area contributed by atoms with Gasteiger partial charge in [0.05, 0.1) is 19.3 Å². The Morgan fingerprint density at radius 1 is 1.38 bits per heavy atom. The quantitative estimate of drug-likeness (QED) is 0.683. The van der Waals surface area contributed by atoms with Crippen LogP contribution in [0.5, 0.6) is 0 Å². The predicted molar refractivity (Wildman–Crippen MR) is 96.8 cm³/mol. The Kier molecular flexibility index (Phi) is 6.76. The van der Waals surface area contributed by atoms with Crippen LogP contribution < -0.4 is 5.32 Å². The summed E-state index contributed by atoms with van der Waals surface area (Å²) >= 11 is 1.51. The van der Waals surface area contributed by atoms with Crippen molar-refractivity contribution in [1.29, 1.82) is 0 Å². The zero-order valence-corrected chi connectivity index (χ0v) is 16.1. The Morgan fingerprint density at radius 2 is 2.08 bits per heavy atom. The summed E-state index contributed by atoms with van der Waals surface area (Å²) < 4.78 is 11.3. The molecule has 2 rings (SSSR count). The third-order valence-electron chi connectivity index (χ3n) is 4.22. The van der Waals surface area contributed by atoms with Crippen molar-refractivity contribution in [3.8, 4) is 0 Å². The van der Waals surface area contributed by atoms with Gasteiger partial charge in [-0.1, -0.05) is 17.3 Å². The molecule has 138 valence electrons. The van der Waals surface area contributed by atoms with Crippen LogP contribution in [0.15, 0.2) is 10.5 Å². The number of hydrogen-bond donors (Lipinski definition) is 2. The number of nitrogens with one attached hydrogen (secondary N) is 1. The average molecular weight is 358 g/mol. The van der Waals surface area contributed by atoms with E-state index in [1.165, 1.54) is 35.1 Å². The molecule has 6 heteroatoms. The summed E-state index contributed by atoms with van der Waals surface area (Å²) in [5.41, 5.74) is 1.27. The van der Waals surface area contributed by atoms with E-state index in [0.717, 1.165) is 12.8 Å². The monoisotopic (exact) mass is 357 g/mol. The summed E-state index contributed by atoms with van der Waals surface area (Å²) in [6.07, 6.45) is 4.35. The van der Waals surface area contributed by atoms with E-state index in [-0.39, 0.29) is 18.1 Å². The molecule has 0 fully saturated rings. The number of rotatable bonds is 7. The number of esters is 1. The highest BCUT2D eigenvalue weighted by molar-refractivity contribution is 8.05. The van der Waals surface area contributed by atoms with E-state index >= 15 is 0 Å². The molecule has 2 aliphatic rings. The first-order valence-corrected chi connectivity index (χ1v) is 9.71. The highest BCUT2D eigenvalue weighted by Crippen LogP contribution is 2.52. The van der Waals surface area contributed by atoms with Gasteiger partial charge in [-0.2, -0.15) is 0 Å². The molecule has 0 spiro atoms. The van der Waals surface area contributed by atoms with Crippen LogP contribution in [0.2, 0.25) is 0 Å². The van der Waals surface area contributed by atoms with Gasteiger partial charge in [0, 0.05) is 18.5 Å². The molecule has 2 atom stereocenters. The fraction of sp³-hybridized carbons (Fsp3) is 0.833. The molecule has 1 aliphatic carbocycles. The third-order valence-corrected chi connectivity index (χ3v) is 5.72.